The van der Waals surface area contributed by atoms with Crippen LogP contribution < -0.4 is 11.1 Å². The third kappa shape index (κ3) is 3.04. The van der Waals surface area contributed by atoms with Gasteiger partial charge in [-0.15, -0.1) is 0 Å². The van der Waals surface area contributed by atoms with Crippen molar-refractivity contribution < 1.29 is 9.53 Å². The third-order valence-corrected chi connectivity index (χ3v) is 2.94. The minimum absolute atomic E-state index is 0.116. The van der Waals surface area contributed by atoms with E-state index in [1.54, 1.807) is 12.4 Å². The summed E-state index contributed by atoms with van der Waals surface area (Å²) in [6, 6.07) is 0. The molecular formula is C11H18N4O2. The number of aromatic nitrogens is 2. The summed E-state index contributed by atoms with van der Waals surface area (Å²) in [5.74, 6) is 0.820. The molecule has 2 rings (SSSR count). The summed E-state index contributed by atoms with van der Waals surface area (Å²) >= 11 is 0. The van der Waals surface area contributed by atoms with Gasteiger partial charge in [0.1, 0.15) is 11.4 Å². The number of hydrogen-bond acceptors (Lipinski definition) is 4. The van der Waals surface area contributed by atoms with E-state index in [0.29, 0.717) is 26.2 Å². The van der Waals surface area contributed by atoms with Crippen LogP contribution >= 0.6 is 0 Å². The number of carbonyl (C=O) groups excluding carboxylic acids is 1. The highest BCUT2D eigenvalue weighted by Crippen LogP contribution is 2.15. The number of nitrogens with two attached hydrogens (primary N) is 1. The fourth-order valence-electron chi connectivity index (χ4n) is 1.83. The van der Waals surface area contributed by atoms with Crippen molar-refractivity contribution in [2.75, 3.05) is 19.8 Å². The Morgan fingerprint density at radius 3 is 3.24 bits per heavy atom. The molecule has 1 amide bonds. The van der Waals surface area contributed by atoms with Crippen LogP contribution in [0.15, 0.2) is 12.4 Å². The summed E-state index contributed by atoms with van der Waals surface area (Å²) in [6.45, 7) is 1.49. The van der Waals surface area contributed by atoms with Crippen molar-refractivity contribution in [2.45, 2.75) is 24.8 Å². The van der Waals surface area contributed by atoms with E-state index in [-0.39, 0.29) is 5.91 Å². The first kappa shape index (κ1) is 12.1. The summed E-state index contributed by atoms with van der Waals surface area (Å²) in [5.41, 5.74) is 5.10. The number of aryl methyl sites for hydroxylation is 1. The Morgan fingerprint density at radius 2 is 2.59 bits per heavy atom. The van der Waals surface area contributed by atoms with E-state index >= 15 is 0 Å². The molecule has 2 heterocycles. The van der Waals surface area contributed by atoms with E-state index < -0.39 is 5.54 Å². The highest BCUT2D eigenvalue weighted by atomic mass is 16.5. The fraction of sp³-hybridized carbons (Fsp3) is 0.636. The van der Waals surface area contributed by atoms with Crippen molar-refractivity contribution >= 4 is 5.91 Å². The van der Waals surface area contributed by atoms with Crippen LogP contribution in [-0.2, 0) is 16.0 Å². The molecular weight excluding hydrogens is 220 g/mol. The Balaban J connectivity index is 1.66. The molecule has 0 bridgehead atoms. The van der Waals surface area contributed by atoms with E-state index in [1.807, 2.05) is 0 Å². The number of rotatable bonds is 5. The summed E-state index contributed by atoms with van der Waals surface area (Å²) < 4.78 is 5.15. The quantitative estimate of drug-likeness (QED) is 0.607. The van der Waals surface area contributed by atoms with Crippen LogP contribution in [0, 0.1) is 0 Å². The van der Waals surface area contributed by atoms with Crippen molar-refractivity contribution in [2.24, 2.45) is 5.73 Å². The Hall–Kier alpha value is -1.40. The number of amides is 1. The molecule has 4 N–H and O–H groups in total. The van der Waals surface area contributed by atoms with Gasteiger partial charge in [-0.05, 0) is 12.8 Å². The minimum atomic E-state index is -0.829. The molecule has 0 aromatic carbocycles. The Bertz CT molecular complexity index is 358. The average molecular weight is 238 g/mol. The summed E-state index contributed by atoms with van der Waals surface area (Å²) in [7, 11) is 0. The van der Waals surface area contributed by atoms with Gasteiger partial charge in [0.05, 0.1) is 6.61 Å². The fourth-order valence-corrected chi connectivity index (χ4v) is 1.83. The molecule has 1 unspecified atom stereocenters. The van der Waals surface area contributed by atoms with Gasteiger partial charge in [-0.3, -0.25) is 4.79 Å². The highest BCUT2D eigenvalue weighted by molar-refractivity contribution is 5.86. The van der Waals surface area contributed by atoms with Crippen LogP contribution in [0.4, 0.5) is 0 Å². The highest BCUT2D eigenvalue weighted by Gasteiger charge is 2.37. The van der Waals surface area contributed by atoms with Crippen LogP contribution in [0.25, 0.3) is 0 Å². The van der Waals surface area contributed by atoms with E-state index in [0.717, 1.165) is 18.7 Å². The van der Waals surface area contributed by atoms with Gasteiger partial charge in [0.15, 0.2) is 0 Å². The molecule has 1 aliphatic heterocycles. The molecule has 0 radical (unpaired) electrons. The summed E-state index contributed by atoms with van der Waals surface area (Å²) in [4.78, 5) is 18.9. The van der Waals surface area contributed by atoms with Crippen molar-refractivity contribution in [3.8, 4) is 0 Å². The van der Waals surface area contributed by atoms with E-state index in [2.05, 4.69) is 15.3 Å². The number of H-pyrrole nitrogens is 1. The van der Waals surface area contributed by atoms with Gasteiger partial charge in [-0.1, -0.05) is 0 Å². The molecule has 0 saturated carbocycles. The molecule has 1 aliphatic rings. The monoisotopic (exact) mass is 238 g/mol. The molecule has 1 saturated heterocycles. The average Bonchev–Trinajstić information content (AvgIpc) is 2.96. The second-order valence-electron chi connectivity index (χ2n) is 4.35. The number of carbonyl (C=O) groups is 1. The zero-order valence-electron chi connectivity index (χ0n) is 9.74. The normalized spacial score (nSPS) is 23.8. The van der Waals surface area contributed by atoms with E-state index in [1.165, 1.54) is 0 Å². The Morgan fingerprint density at radius 1 is 1.71 bits per heavy atom. The number of ether oxygens (including phenoxy) is 1. The van der Waals surface area contributed by atoms with Gasteiger partial charge >= 0.3 is 0 Å². The zero-order chi connectivity index (χ0) is 12.1. The molecule has 1 atom stereocenters. The van der Waals surface area contributed by atoms with Gasteiger partial charge in [0, 0.05) is 32.0 Å². The van der Waals surface area contributed by atoms with E-state index in [9.17, 15) is 4.79 Å². The molecule has 0 spiro atoms. The second kappa shape index (κ2) is 5.29. The molecule has 1 aromatic heterocycles. The lowest BCUT2D eigenvalue weighted by Crippen LogP contribution is -2.54. The molecule has 6 nitrogen and oxygen atoms in total. The van der Waals surface area contributed by atoms with Gasteiger partial charge in [0.2, 0.25) is 5.91 Å². The van der Waals surface area contributed by atoms with Gasteiger partial charge in [-0.25, -0.2) is 4.98 Å². The van der Waals surface area contributed by atoms with Crippen LogP contribution in [0.5, 0.6) is 0 Å². The van der Waals surface area contributed by atoms with Crippen molar-refractivity contribution in [1.82, 2.24) is 15.3 Å². The van der Waals surface area contributed by atoms with Gasteiger partial charge in [-0.2, -0.15) is 0 Å². The molecule has 17 heavy (non-hydrogen) atoms. The maximum atomic E-state index is 11.8. The lowest BCUT2D eigenvalue weighted by molar-refractivity contribution is -0.126. The molecule has 1 fully saturated rings. The minimum Gasteiger partial charge on any atom is -0.379 e. The predicted molar refractivity (Wildman–Crippen MR) is 62.3 cm³/mol. The van der Waals surface area contributed by atoms with Crippen molar-refractivity contribution in [3.05, 3.63) is 18.2 Å². The Kier molecular flexibility index (Phi) is 3.75. The van der Waals surface area contributed by atoms with Gasteiger partial charge < -0.3 is 20.8 Å². The topological polar surface area (TPSA) is 93.0 Å². The van der Waals surface area contributed by atoms with Crippen molar-refractivity contribution in [3.63, 3.8) is 0 Å². The summed E-state index contributed by atoms with van der Waals surface area (Å²) in [5, 5.41) is 2.84. The van der Waals surface area contributed by atoms with Crippen molar-refractivity contribution in [1.29, 1.82) is 0 Å². The maximum absolute atomic E-state index is 11.8. The smallest absolute Gasteiger partial charge is 0.242 e. The number of nitrogens with one attached hydrogen (secondary N) is 2. The molecule has 6 heteroatoms. The third-order valence-electron chi connectivity index (χ3n) is 2.94. The lowest BCUT2D eigenvalue weighted by atomic mass is 9.99. The number of nitrogens with zero attached hydrogens (tertiary/aromatic N) is 1. The molecule has 1 aromatic rings. The van der Waals surface area contributed by atoms with E-state index in [4.69, 9.17) is 10.5 Å². The van der Waals surface area contributed by atoms with Gasteiger partial charge in [0.25, 0.3) is 0 Å². The zero-order valence-corrected chi connectivity index (χ0v) is 9.74. The summed E-state index contributed by atoms with van der Waals surface area (Å²) in [6.07, 6.45) is 5.77. The van der Waals surface area contributed by atoms with Crippen LogP contribution in [0.1, 0.15) is 18.7 Å². The first-order valence-corrected chi connectivity index (χ1v) is 5.84. The van der Waals surface area contributed by atoms with Crippen LogP contribution in [0.2, 0.25) is 0 Å². The first-order chi connectivity index (χ1) is 8.21. The predicted octanol–water partition coefficient (Wildman–Crippen LogP) is -0.424. The first-order valence-electron chi connectivity index (χ1n) is 5.84. The number of imidazole rings is 1. The largest absolute Gasteiger partial charge is 0.379 e. The van der Waals surface area contributed by atoms with Crippen LogP contribution in [0.3, 0.4) is 0 Å². The number of aromatic amines is 1. The second-order valence-corrected chi connectivity index (χ2v) is 4.35. The Labute approximate surface area is 99.9 Å². The standard InChI is InChI=1S/C11H18N4O2/c12-11(3-7-17-8-11)10(16)15-4-1-2-9-13-5-6-14-9/h5-6H,1-4,7-8,12H2,(H,13,14)(H,15,16). The van der Waals surface area contributed by atoms with Crippen LogP contribution in [-0.4, -0.2) is 41.2 Å². The maximum Gasteiger partial charge on any atom is 0.242 e. The molecule has 94 valence electrons. The SMILES string of the molecule is NC1(C(=O)NCCCc2ncc[nH]2)CCOC1. The molecule has 0 aliphatic carbocycles. The lowest BCUT2D eigenvalue weighted by Gasteiger charge is -2.20. The number of hydrogen-bond donors (Lipinski definition) is 3.